The van der Waals surface area contributed by atoms with E-state index in [4.69, 9.17) is 10.5 Å². The van der Waals surface area contributed by atoms with Gasteiger partial charge in [0.2, 0.25) is 9.84 Å². The highest BCUT2D eigenvalue weighted by Crippen LogP contribution is 2.33. The summed E-state index contributed by atoms with van der Waals surface area (Å²) >= 11 is 0. The molecule has 1 amide bonds. The lowest BCUT2D eigenvalue weighted by atomic mass is 10.1. The van der Waals surface area contributed by atoms with Gasteiger partial charge in [0.05, 0.1) is 17.2 Å². The number of hydrogen-bond donors (Lipinski definition) is 1. The summed E-state index contributed by atoms with van der Waals surface area (Å²) in [4.78, 5) is 34.1. The molecule has 1 atom stereocenters. The molecule has 0 saturated heterocycles. The number of pyridine rings is 2. The van der Waals surface area contributed by atoms with E-state index in [0.29, 0.717) is 11.3 Å². The summed E-state index contributed by atoms with van der Waals surface area (Å²) in [7, 11) is -4.60. The predicted molar refractivity (Wildman–Crippen MR) is 143 cm³/mol. The zero-order chi connectivity index (χ0) is 27.2. The molecule has 0 fully saturated rings. The normalized spacial score (nSPS) is 13.2. The van der Waals surface area contributed by atoms with Crippen LogP contribution in [0.25, 0.3) is 17.1 Å². The number of fused-ring (bicyclic) bond motifs is 1. The van der Waals surface area contributed by atoms with Crippen LogP contribution in [0.1, 0.15) is 23.0 Å². The van der Waals surface area contributed by atoms with Crippen LogP contribution in [-0.2, 0) is 19.4 Å². The molecule has 2 aromatic heterocycles. The number of ether oxygens (including phenoxy) is 1. The molecular formula is C28H26N4O5S. The average molecular weight is 531 g/mol. The fourth-order valence-electron chi connectivity index (χ4n) is 3.95. The first-order valence-electron chi connectivity index (χ1n) is 11.8. The quantitative estimate of drug-likeness (QED) is 0.326. The Morgan fingerprint density at radius 2 is 1.66 bits per heavy atom. The Hall–Kier alpha value is -4.41. The molecule has 0 spiro atoms. The van der Waals surface area contributed by atoms with E-state index in [-0.39, 0.29) is 17.1 Å². The number of carbonyl (C=O) groups excluding carboxylic acids is 2. The highest BCUT2D eigenvalue weighted by Gasteiger charge is 2.58. The predicted octanol–water partition coefficient (Wildman–Crippen LogP) is 3.43. The Morgan fingerprint density at radius 3 is 2.32 bits per heavy atom. The summed E-state index contributed by atoms with van der Waals surface area (Å²) in [5, 5.41) is 0.802. The fraction of sp³-hybridized carbons (Fsp3) is 0.143. The van der Waals surface area contributed by atoms with Crippen molar-refractivity contribution in [2.24, 2.45) is 5.73 Å². The van der Waals surface area contributed by atoms with E-state index in [1.54, 1.807) is 55.6 Å². The SMILES string of the molecule is CCOC(=O)[C@@](CN)(N(C=Cc1ccc2cccnc2n1)C(=O)c1ccccc1)S(=O)(=O)c1ccccc1. The highest BCUT2D eigenvalue weighted by atomic mass is 32.2. The van der Waals surface area contributed by atoms with Crippen molar-refractivity contribution in [2.75, 3.05) is 13.2 Å². The molecule has 2 aromatic carbocycles. The van der Waals surface area contributed by atoms with Crippen LogP contribution < -0.4 is 5.73 Å². The van der Waals surface area contributed by atoms with Gasteiger partial charge in [-0.3, -0.25) is 9.69 Å². The Bertz CT molecular complexity index is 1580. The first-order chi connectivity index (χ1) is 18.3. The van der Waals surface area contributed by atoms with E-state index in [0.717, 1.165) is 10.3 Å². The van der Waals surface area contributed by atoms with Gasteiger partial charge < -0.3 is 10.5 Å². The van der Waals surface area contributed by atoms with Crippen molar-refractivity contribution in [1.29, 1.82) is 0 Å². The molecule has 194 valence electrons. The zero-order valence-electron chi connectivity index (χ0n) is 20.6. The topological polar surface area (TPSA) is 133 Å². The zero-order valence-corrected chi connectivity index (χ0v) is 21.4. The molecule has 4 aromatic rings. The number of benzene rings is 2. The van der Waals surface area contributed by atoms with Crippen LogP contribution in [0.5, 0.6) is 0 Å². The number of carbonyl (C=O) groups is 2. The molecule has 0 aliphatic rings. The number of aromatic nitrogens is 2. The molecule has 4 rings (SSSR count). The second-order valence-corrected chi connectivity index (χ2v) is 10.3. The van der Waals surface area contributed by atoms with Gasteiger partial charge in [-0.05, 0) is 61.5 Å². The van der Waals surface area contributed by atoms with Gasteiger partial charge in [-0.25, -0.2) is 23.2 Å². The fourth-order valence-corrected chi connectivity index (χ4v) is 5.76. The largest absolute Gasteiger partial charge is 0.463 e. The maximum Gasteiger partial charge on any atom is 0.350 e. The minimum absolute atomic E-state index is 0.125. The van der Waals surface area contributed by atoms with Crippen molar-refractivity contribution < 1.29 is 22.7 Å². The van der Waals surface area contributed by atoms with E-state index in [1.807, 2.05) is 6.07 Å². The first-order valence-corrected chi connectivity index (χ1v) is 13.3. The molecule has 0 unspecified atom stereocenters. The molecule has 2 N–H and O–H groups in total. The minimum atomic E-state index is -4.60. The van der Waals surface area contributed by atoms with Crippen molar-refractivity contribution in [2.45, 2.75) is 16.7 Å². The molecule has 0 bridgehead atoms. The van der Waals surface area contributed by atoms with E-state index < -0.39 is 33.1 Å². The van der Waals surface area contributed by atoms with E-state index in [2.05, 4.69) is 9.97 Å². The number of nitrogens with two attached hydrogens (primary N) is 1. The van der Waals surface area contributed by atoms with E-state index in [9.17, 15) is 18.0 Å². The second-order valence-electron chi connectivity index (χ2n) is 8.17. The molecule has 0 aliphatic carbocycles. The van der Waals surface area contributed by atoms with Crippen LogP contribution in [0, 0.1) is 0 Å². The highest BCUT2D eigenvalue weighted by molar-refractivity contribution is 7.93. The number of amides is 1. The van der Waals surface area contributed by atoms with Gasteiger partial charge in [0.15, 0.2) is 5.65 Å². The van der Waals surface area contributed by atoms with Gasteiger partial charge in [0, 0.05) is 29.9 Å². The molecule has 9 nitrogen and oxygen atoms in total. The Kier molecular flexibility index (Phi) is 7.94. The number of sulfone groups is 1. The molecule has 0 saturated carbocycles. The van der Waals surface area contributed by atoms with Gasteiger partial charge in [-0.1, -0.05) is 36.4 Å². The van der Waals surface area contributed by atoms with Crippen LogP contribution in [0.3, 0.4) is 0 Å². The Labute approximate surface area is 220 Å². The molecule has 0 radical (unpaired) electrons. The van der Waals surface area contributed by atoms with Crippen LogP contribution in [0.4, 0.5) is 0 Å². The monoisotopic (exact) mass is 530 g/mol. The Morgan fingerprint density at radius 1 is 0.974 bits per heavy atom. The van der Waals surface area contributed by atoms with Crippen LogP contribution >= 0.6 is 0 Å². The Balaban J connectivity index is 1.94. The third-order valence-electron chi connectivity index (χ3n) is 5.88. The summed E-state index contributed by atoms with van der Waals surface area (Å²) in [5.41, 5.74) is 7.08. The number of esters is 1. The standard InChI is InChI=1S/C28H26N4O5S/c1-2-37-27(34)28(20-29,38(35,36)24-13-7-4-8-14-24)32(26(33)22-10-5-3-6-11-22)19-17-23-16-15-21-12-9-18-30-25(21)31-23/h3-19H,2,20,29H2,1H3/t28-/m0/s1. The van der Waals surface area contributed by atoms with Crippen molar-refractivity contribution in [3.8, 4) is 0 Å². The lowest BCUT2D eigenvalue weighted by Gasteiger charge is -2.38. The summed E-state index contributed by atoms with van der Waals surface area (Å²) in [6.07, 6.45) is 4.23. The summed E-state index contributed by atoms with van der Waals surface area (Å²) < 4.78 is 33.5. The summed E-state index contributed by atoms with van der Waals surface area (Å²) in [6, 6.07) is 22.5. The second kappa shape index (κ2) is 11.3. The summed E-state index contributed by atoms with van der Waals surface area (Å²) in [6.45, 7) is 0.651. The lowest BCUT2D eigenvalue weighted by Crippen LogP contribution is -2.64. The minimum Gasteiger partial charge on any atom is -0.463 e. The van der Waals surface area contributed by atoms with Crippen molar-refractivity contribution in [3.63, 3.8) is 0 Å². The molecule has 0 aliphatic heterocycles. The van der Waals surface area contributed by atoms with Gasteiger partial charge in [-0.15, -0.1) is 0 Å². The van der Waals surface area contributed by atoms with Crippen LogP contribution in [0.2, 0.25) is 0 Å². The smallest absolute Gasteiger partial charge is 0.350 e. The molecular weight excluding hydrogens is 504 g/mol. The molecule has 10 heteroatoms. The van der Waals surface area contributed by atoms with Gasteiger partial charge in [-0.2, -0.15) is 0 Å². The summed E-state index contributed by atoms with van der Waals surface area (Å²) in [5.74, 6) is -1.94. The molecule has 2 heterocycles. The van der Waals surface area contributed by atoms with Crippen molar-refractivity contribution in [3.05, 3.63) is 109 Å². The average Bonchev–Trinajstić information content (AvgIpc) is 2.95. The number of hydrogen-bond acceptors (Lipinski definition) is 8. The van der Waals surface area contributed by atoms with Crippen LogP contribution in [-0.4, -0.2) is 53.2 Å². The van der Waals surface area contributed by atoms with E-state index >= 15 is 0 Å². The number of rotatable bonds is 9. The maximum absolute atomic E-state index is 14.1. The maximum atomic E-state index is 14.1. The lowest BCUT2D eigenvalue weighted by molar-refractivity contribution is -0.149. The van der Waals surface area contributed by atoms with Gasteiger partial charge in [0.25, 0.3) is 10.8 Å². The van der Waals surface area contributed by atoms with Gasteiger partial charge >= 0.3 is 5.97 Å². The van der Waals surface area contributed by atoms with Crippen molar-refractivity contribution >= 4 is 38.8 Å². The van der Waals surface area contributed by atoms with Crippen LogP contribution in [0.15, 0.2) is 102 Å². The van der Waals surface area contributed by atoms with Gasteiger partial charge in [0.1, 0.15) is 0 Å². The third kappa shape index (κ3) is 4.91. The third-order valence-corrected chi connectivity index (χ3v) is 8.19. The first kappa shape index (κ1) is 26.6. The van der Waals surface area contributed by atoms with E-state index in [1.165, 1.54) is 48.7 Å². The number of nitrogens with zero attached hydrogens (tertiary/aromatic N) is 3. The molecule has 38 heavy (non-hydrogen) atoms. The van der Waals surface area contributed by atoms with Crippen molar-refractivity contribution in [1.82, 2.24) is 14.9 Å².